The highest BCUT2D eigenvalue weighted by atomic mass is 32.2. The van der Waals surface area contributed by atoms with Gasteiger partial charge in [0.05, 0.1) is 17.8 Å². The van der Waals surface area contributed by atoms with Gasteiger partial charge in [-0.15, -0.1) is 10.2 Å². The number of benzene rings is 2. The second-order valence-corrected chi connectivity index (χ2v) is 9.04. The third-order valence-corrected chi connectivity index (χ3v) is 6.33. The van der Waals surface area contributed by atoms with Crippen molar-refractivity contribution < 1.29 is 9.18 Å². The topological polar surface area (TPSA) is 59.8 Å². The lowest BCUT2D eigenvalue weighted by Gasteiger charge is -2.18. The fourth-order valence-corrected chi connectivity index (χ4v) is 4.19. The van der Waals surface area contributed by atoms with Crippen LogP contribution in [0.15, 0.2) is 59.8 Å². The van der Waals surface area contributed by atoms with Crippen molar-refractivity contribution >= 4 is 17.7 Å². The highest BCUT2D eigenvalue weighted by Crippen LogP contribution is 2.40. The Balaban J connectivity index is 1.45. The number of carbonyl (C=O) groups is 1. The van der Waals surface area contributed by atoms with Crippen LogP contribution in [0.25, 0.3) is 0 Å². The maximum Gasteiger partial charge on any atom is 0.233 e. The summed E-state index contributed by atoms with van der Waals surface area (Å²) in [6.07, 6.45) is 2.28. The zero-order chi connectivity index (χ0) is 21.1. The van der Waals surface area contributed by atoms with Gasteiger partial charge in [-0.1, -0.05) is 54.2 Å². The van der Waals surface area contributed by atoms with Gasteiger partial charge in [-0.3, -0.25) is 4.79 Å². The van der Waals surface area contributed by atoms with E-state index in [2.05, 4.69) is 32.2 Å². The predicted octanol–water partition coefficient (Wildman–Crippen LogP) is 4.70. The van der Waals surface area contributed by atoms with Crippen LogP contribution in [0.2, 0.25) is 0 Å². The summed E-state index contributed by atoms with van der Waals surface area (Å²) in [5.74, 6) is 1.11. The summed E-state index contributed by atoms with van der Waals surface area (Å²) in [4.78, 5) is 12.8. The molecule has 1 aliphatic rings. The minimum Gasteiger partial charge on any atom is -0.349 e. The summed E-state index contributed by atoms with van der Waals surface area (Å²) in [5.41, 5.74) is 2.05. The average molecular weight is 425 g/mol. The normalized spacial score (nSPS) is 15.6. The van der Waals surface area contributed by atoms with E-state index < -0.39 is 0 Å². The Hall–Kier alpha value is -2.67. The van der Waals surface area contributed by atoms with Gasteiger partial charge in [-0.05, 0) is 49.9 Å². The van der Waals surface area contributed by atoms with Crippen LogP contribution in [0.5, 0.6) is 0 Å². The van der Waals surface area contributed by atoms with Crippen molar-refractivity contribution in [2.75, 3.05) is 0 Å². The Morgan fingerprint density at radius 3 is 2.50 bits per heavy atom. The molecule has 2 unspecified atom stereocenters. The molecule has 1 amide bonds. The van der Waals surface area contributed by atoms with Crippen LogP contribution >= 0.6 is 11.8 Å². The van der Waals surface area contributed by atoms with Crippen LogP contribution in [0.1, 0.15) is 55.6 Å². The van der Waals surface area contributed by atoms with E-state index in [0.717, 1.165) is 29.4 Å². The molecule has 0 bridgehead atoms. The first-order valence-electron chi connectivity index (χ1n) is 10.2. The average Bonchev–Trinajstić information content (AvgIpc) is 3.52. The van der Waals surface area contributed by atoms with E-state index in [1.54, 1.807) is 12.1 Å². The number of nitrogens with zero attached hydrogens (tertiary/aromatic N) is 3. The quantitative estimate of drug-likeness (QED) is 0.533. The molecule has 1 heterocycles. The molecule has 5 nitrogen and oxygen atoms in total. The molecular formula is C23H25FN4OS. The third-order valence-electron chi connectivity index (χ3n) is 5.25. The molecule has 7 heteroatoms. The molecule has 30 heavy (non-hydrogen) atoms. The van der Waals surface area contributed by atoms with Crippen LogP contribution in [-0.4, -0.2) is 25.9 Å². The summed E-state index contributed by atoms with van der Waals surface area (Å²) in [7, 11) is 0. The van der Waals surface area contributed by atoms with Crippen LogP contribution < -0.4 is 5.32 Å². The number of hydrogen-bond donors (Lipinski definition) is 1. The molecule has 0 aliphatic heterocycles. The number of thioether (sulfide) groups is 1. The van der Waals surface area contributed by atoms with Gasteiger partial charge in [-0.2, -0.15) is 0 Å². The number of carbonyl (C=O) groups excluding carboxylic acids is 1. The van der Waals surface area contributed by atoms with E-state index >= 15 is 0 Å². The minimum absolute atomic E-state index is 0.0842. The van der Waals surface area contributed by atoms with E-state index in [-0.39, 0.29) is 23.0 Å². The molecule has 1 N–H and O–H groups in total. The Kier molecular flexibility index (Phi) is 6.18. The van der Waals surface area contributed by atoms with Gasteiger partial charge in [-0.25, -0.2) is 4.39 Å². The summed E-state index contributed by atoms with van der Waals surface area (Å²) in [6, 6.07) is 16.2. The van der Waals surface area contributed by atoms with E-state index in [0.29, 0.717) is 12.5 Å². The minimum atomic E-state index is -0.335. The van der Waals surface area contributed by atoms with E-state index in [9.17, 15) is 9.18 Å². The number of aromatic nitrogens is 3. The first-order valence-corrected chi connectivity index (χ1v) is 11.1. The van der Waals surface area contributed by atoms with Crippen LogP contribution in [-0.2, 0) is 11.3 Å². The highest BCUT2D eigenvalue weighted by molar-refractivity contribution is 8.00. The maximum absolute atomic E-state index is 13.1. The number of rotatable bonds is 8. The second kappa shape index (κ2) is 9.00. The Morgan fingerprint density at radius 1 is 1.13 bits per heavy atom. The van der Waals surface area contributed by atoms with Crippen molar-refractivity contribution in [3.05, 3.63) is 77.4 Å². The van der Waals surface area contributed by atoms with E-state index in [1.807, 2.05) is 32.0 Å². The van der Waals surface area contributed by atoms with Crippen molar-refractivity contribution in [3.8, 4) is 0 Å². The molecule has 2 atom stereocenters. The molecule has 2 aromatic carbocycles. The molecule has 0 saturated heterocycles. The molecule has 0 spiro atoms. The molecule has 4 rings (SSSR count). The molecule has 1 saturated carbocycles. The lowest BCUT2D eigenvalue weighted by molar-refractivity contribution is -0.120. The number of nitrogens with one attached hydrogen (secondary N) is 1. The zero-order valence-corrected chi connectivity index (χ0v) is 17.9. The summed E-state index contributed by atoms with van der Waals surface area (Å²) in [6.45, 7) is 4.46. The van der Waals surface area contributed by atoms with Crippen LogP contribution in [0.4, 0.5) is 4.39 Å². The standard InChI is InChI=1S/C23H25FN4OS/c1-15(18-10-12-20(24)13-11-18)25-22(29)16(2)30-23-27-26-21(19-8-9-19)28(23)14-17-6-4-3-5-7-17/h3-7,10-13,15-16,19H,8-9,14H2,1-2H3,(H,25,29). The summed E-state index contributed by atoms with van der Waals surface area (Å²) < 4.78 is 15.3. The van der Waals surface area contributed by atoms with E-state index in [1.165, 1.54) is 29.5 Å². The van der Waals surface area contributed by atoms with Gasteiger partial charge in [0.2, 0.25) is 5.91 Å². The molecule has 1 fully saturated rings. The molecular weight excluding hydrogens is 399 g/mol. The monoisotopic (exact) mass is 424 g/mol. The first-order chi connectivity index (χ1) is 14.5. The van der Waals surface area contributed by atoms with Gasteiger partial charge in [0, 0.05) is 5.92 Å². The number of amides is 1. The lowest BCUT2D eigenvalue weighted by atomic mass is 10.1. The lowest BCUT2D eigenvalue weighted by Crippen LogP contribution is -2.33. The van der Waals surface area contributed by atoms with Gasteiger partial charge in [0.25, 0.3) is 0 Å². The molecule has 0 radical (unpaired) electrons. The van der Waals surface area contributed by atoms with Gasteiger partial charge < -0.3 is 9.88 Å². The summed E-state index contributed by atoms with van der Waals surface area (Å²) in [5, 5.41) is 12.3. The smallest absolute Gasteiger partial charge is 0.233 e. The fraction of sp³-hybridized carbons (Fsp3) is 0.348. The fourth-order valence-electron chi connectivity index (χ4n) is 3.32. The summed E-state index contributed by atoms with van der Waals surface area (Å²) >= 11 is 1.42. The van der Waals surface area contributed by atoms with Crippen molar-refractivity contribution in [1.29, 1.82) is 0 Å². The van der Waals surface area contributed by atoms with Crippen molar-refractivity contribution in [3.63, 3.8) is 0 Å². The predicted molar refractivity (Wildman–Crippen MR) is 116 cm³/mol. The zero-order valence-electron chi connectivity index (χ0n) is 17.1. The molecule has 1 aliphatic carbocycles. The molecule has 156 valence electrons. The van der Waals surface area contributed by atoms with Crippen LogP contribution in [0, 0.1) is 5.82 Å². The van der Waals surface area contributed by atoms with Crippen molar-refractivity contribution in [2.24, 2.45) is 0 Å². The van der Waals surface area contributed by atoms with Gasteiger partial charge in [0.15, 0.2) is 5.16 Å². The van der Waals surface area contributed by atoms with E-state index in [4.69, 9.17) is 0 Å². The Bertz CT molecular complexity index is 1000. The first kappa shape index (κ1) is 20.6. The highest BCUT2D eigenvalue weighted by Gasteiger charge is 2.31. The Morgan fingerprint density at radius 2 is 1.83 bits per heavy atom. The van der Waals surface area contributed by atoms with Crippen molar-refractivity contribution in [2.45, 2.75) is 55.6 Å². The third kappa shape index (κ3) is 4.90. The maximum atomic E-state index is 13.1. The van der Waals surface area contributed by atoms with Crippen LogP contribution in [0.3, 0.4) is 0 Å². The molecule has 1 aromatic heterocycles. The largest absolute Gasteiger partial charge is 0.349 e. The SMILES string of the molecule is CC(Sc1nnc(C2CC2)n1Cc1ccccc1)C(=O)NC(C)c1ccc(F)cc1. The number of halogens is 1. The van der Waals surface area contributed by atoms with Gasteiger partial charge in [0.1, 0.15) is 11.6 Å². The Labute approximate surface area is 180 Å². The van der Waals surface area contributed by atoms with Gasteiger partial charge >= 0.3 is 0 Å². The second-order valence-electron chi connectivity index (χ2n) is 7.73. The number of hydrogen-bond acceptors (Lipinski definition) is 4. The molecule has 3 aromatic rings. The van der Waals surface area contributed by atoms with Crippen molar-refractivity contribution in [1.82, 2.24) is 20.1 Å².